The Morgan fingerprint density at radius 3 is 2.06 bits per heavy atom. The second-order valence-electron chi connectivity index (χ2n) is 3.21. The van der Waals surface area contributed by atoms with Gasteiger partial charge in [-0.05, 0) is 29.1 Å². The molecule has 16 heavy (non-hydrogen) atoms. The zero-order valence-electron chi connectivity index (χ0n) is 7.95. The van der Waals surface area contributed by atoms with Gasteiger partial charge in [-0.2, -0.15) is 13.2 Å². The van der Waals surface area contributed by atoms with E-state index in [9.17, 15) is 18.3 Å². The summed E-state index contributed by atoms with van der Waals surface area (Å²) in [7, 11) is 0. The molecule has 2 aromatic rings. The summed E-state index contributed by atoms with van der Waals surface area (Å²) in [5.74, 6) is 0.0877. The van der Waals surface area contributed by atoms with Gasteiger partial charge in [-0.15, -0.1) is 11.3 Å². The zero-order valence-corrected chi connectivity index (χ0v) is 8.77. The Balaban J connectivity index is 2.37. The monoisotopic (exact) mass is 244 g/mol. The molecule has 0 atom stereocenters. The first-order chi connectivity index (χ1) is 7.48. The number of halogens is 3. The molecule has 0 fully saturated rings. The van der Waals surface area contributed by atoms with Crippen LogP contribution < -0.4 is 0 Å². The van der Waals surface area contributed by atoms with Crippen molar-refractivity contribution in [1.29, 1.82) is 0 Å². The maximum atomic E-state index is 12.3. The van der Waals surface area contributed by atoms with E-state index in [1.165, 1.54) is 29.5 Å². The molecular formula is C11H7F3OS. The van der Waals surface area contributed by atoms with Crippen molar-refractivity contribution in [3.05, 3.63) is 41.3 Å². The molecule has 0 amide bonds. The molecule has 0 unspecified atom stereocenters. The minimum absolute atomic E-state index is 0.0877. The van der Waals surface area contributed by atoms with E-state index in [0.717, 1.165) is 12.1 Å². The third kappa shape index (κ3) is 2.04. The Labute approximate surface area is 93.8 Å². The molecule has 1 nitrogen and oxygen atoms in total. The molecule has 84 valence electrons. The fourth-order valence-electron chi connectivity index (χ4n) is 1.33. The standard InChI is InChI=1S/C11H7F3OS/c12-11(13,14)8-3-1-7(2-4-8)10-9(15)5-6-16-10/h1-6,15H. The molecule has 0 aliphatic rings. The lowest BCUT2D eigenvalue weighted by Crippen LogP contribution is -2.03. The SMILES string of the molecule is Oc1ccsc1-c1ccc(C(F)(F)F)cc1. The lowest BCUT2D eigenvalue weighted by Gasteiger charge is -2.06. The fourth-order valence-corrected chi connectivity index (χ4v) is 2.12. The van der Waals surface area contributed by atoms with E-state index >= 15 is 0 Å². The van der Waals surface area contributed by atoms with Crippen molar-refractivity contribution in [2.75, 3.05) is 0 Å². The summed E-state index contributed by atoms with van der Waals surface area (Å²) < 4.78 is 36.9. The summed E-state index contributed by atoms with van der Waals surface area (Å²) in [6.07, 6.45) is -4.32. The molecule has 0 spiro atoms. The van der Waals surface area contributed by atoms with Crippen LogP contribution in [0.2, 0.25) is 0 Å². The van der Waals surface area contributed by atoms with Crippen LogP contribution in [0.4, 0.5) is 13.2 Å². The molecule has 0 saturated heterocycles. The van der Waals surface area contributed by atoms with E-state index in [4.69, 9.17) is 0 Å². The van der Waals surface area contributed by atoms with Crippen LogP contribution >= 0.6 is 11.3 Å². The highest BCUT2D eigenvalue weighted by Gasteiger charge is 2.30. The van der Waals surface area contributed by atoms with Gasteiger partial charge in [0, 0.05) is 0 Å². The highest BCUT2D eigenvalue weighted by molar-refractivity contribution is 7.14. The van der Waals surface area contributed by atoms with E-state index in [-0.39, 0.29) is 5.75 Å². The number of thiophene rings is 1. The third-order valence-corrected chi connectivity index (χ3v) is 3.07. The van der Waals surface area contributed by atoms with Crippen LogP contribution in [0.5, 0.6) is 5.75 Å². The van der Waals surface area contributed by atoms with Crippen LogP contribution in [0.25, 0.3) is 10.4 Å². The molecule has 0 aliphatic heterocycles. The van der Waals surface area contributed by atoms with Crippen LogP contribution in [0.3, 0.4) is 0 Å². The van der Waals surface area contributed by atoms with Gasteiger partial charge in [-0.3, -0.25) is 0 Å². The molecule has 1 heterocycles. The van der Waals surface area contributed by atoms with Gasteiger partial charge < -0.3 is 5.11 Å². The second-order valence-corrected chi connectivity index (χ2v) is 4.13. The van der Waals surface area contributed by atoms with Crippen molar-refractivity contribution in [2.45, 2.75) is 6.18 Å². The smallest absolute Gasteiger partial charge is 0.416 e. The lowest BCUT2D eigenvalue weighted by molar-refractivity contribution is -0.137. The highest BCUT2D eigenvalue weighted by Crippen LogP contribution is 2.36. The summed E-state index contributed by atoms with van der Waals surface area (Å²) >= 11 is 1.28. The molecule has 0 radical (unpaired) electrons. The molecule has 1 aromatic heterocycles. The van der Waals surface area contributed by atoms with E-state index in [1.54, 1.807) is 5.38 Å². The van der Waals surface area contributed by atoms with Gasteiger partial charge in [-0.25, -0.2) is 0 Å². The second kappa shape index (κ2) is 3.83. The first kappa shape index (κ1) is 11.0. The third-order valence-electron chi connectivity index (χ3n) is 2.12. The summed E-state index contributed by atoms with van der Waals surface area (Å²) in [4.78, 5) is 0.578. The molecule has 0 saturated carbocycles. The van der Waals surface area contributed by atoms with Crippen LogP contribution in [0.1, 0.15) is 5.56 Å². The number of hydrogen-bond donors (Lipinski definition) is 1. The van der Waals surface area contributed by atoms with E-state index in [0.29, 0.717) is 10.4 Å². The van der Waals surface area contributed by atoms with Crippen molar-refractivity contribution >= 4 is 11.3 Å². The number of rotatable bonds is 1. The van der Waals surface area contributed by atoms with Crippen molar-refractivity contribution in [1.82, 2.24) is 0 Å². The maximum Gasteiger partial charge on any atom is 0.416 e. The van der Waals surface area contributed by atoms with Crippen molar-refractivity contribution in [3.63, 3.8) is 0 Å². The van der Waals surface area contributed by atoms with Gasteiger partial charge in [0.2, 0.25) is 0 Å². The average Bonchev–Trinajstić information content (AvgIpc) is 2.63. The van der Waals surface area contributed by atoms with Crippen molar-refractivity contribution in [2.24, 2.45) is 0 Å². The first-order valence-corrected chi connectivity index (χ1v) is 5.30. The van der Waals surface area contributed by atoms with E-state index in [1.807, 2.05) is 0 Å². The highest BCUT2D eigenvalue weighted by atomic mass is 32.1. The molecule has 2 rings (SSSR count). The van der Waals surface area contributed by atoms with Crippen LogP contribution in [0.15, 0.2) is 35.7 Å². The molecule has 1 aromatic carbocycles. The number of alkyl halides is 3. The van der Waals surface area contributed by atoms with Crippen LogP contribution in [-0.4, -0.2) is 5.11 Å². The van der Waals surface area contributed by atoms with E-state index < -0.39 is 11.7 Å². The van der Waals surface area contributed by atoms with Gasteiger partial charge >= 0.3 is 6.18 Å². The normalized spacial score (nSPS) is 11.7. The molecule has 0 bridgehead atoms. The van der Waals surface area contributed by atoms with Crippen molar-refractivity contribution < 1.29 is 18.3 Å². The number of hydrogen-bond acceptors (Lipinski definition) is 2. The molecular weight excluding hydrogens is 237 g/mol. The predicted octanol–water partition coefficient (Wildman–Crippen LogP) is 4.14. The van der Waals surface area contributed by atoms with Gasteiger partial charge in [0.1, 0.15) is 5.75 Å². The first-order valence-electron chi connectivity index (χ1n) is 4.42. The average molecular weight is 244 g/mol. The van der Waals surface area contributed by atoms with Gasteiger partial charge in [-0.1, -0.05) is 12.1 Å². The Morgan fingerprint density at radius 1 is 1.00 bits per heavy atom. The molecule has 5 heteroatoms. The van der Waals surface area contributed by atoms with Crippen LogP contribution in [-0.2, 0) is 6.18 Å². The fraction of sp³-hybridized carbons (Fsp3) is 0.0909. The van der Waals surface area contributed by atoms with Gasteiger partial charge in [0.15, 0.2) is 0 Å². The largest absolute Gasteiger partial charge is 0.506 e. The quantitative estimate of drug-likeness (QED) is 0.799. The minimum Gasteiger partial charge on any atom is -0.506 e. The predicted molar refractivity (Wildman–Crippen MR) is 56.4 cm³/mol. The maximum absolute atomic E-state index is 12.3. The summed E-state index contributed by atoms with van der Waals surface area (Å²) in [6.45, 7) is 0. The van der Waals surface area contributed by atoms with Gasteiger partial charge in [0.05, 0.1) is 10.4 Å². The number of aromatic hydroxyl groups is 1. The van der Waals surface area contributed by atoms with E-state index in [2.05, 4.69) is 0 Å². The Kier molecular flexibility index (Phi) is 2.63. The zero-order chi connectivity index (χ0) is 11.8. The van der Waals surface area contributed by atoms with Crippen molar-refractivity contribution in [3.8, 4) is 16.2 Å². The minimum atomic E-state index is -4.32. The Morgan fingerprint density at radius 2 is 1.62 bits per heavy atom. The molecule has 0 aliphatic carbocycles. The van der Waals surface area contributed by atoms with Gasteiger partial charge in [0.25, 0.3) is 0 Å². The summed E-state index contributed by atoms with van der Waals surface area (Å²) in [5.41, 5.74) is -0.104. The summed E-state index contributed by atoms with van der Waals surface area (Å²) in [6, 6.07) is 6.24. The summed E-state index contributed by atoms with van der Waals surface area (Å²) in [5, 5.41) is 11.1. The Bertz CT molecular complexity index is 485. The topological polar surface area (TPSA) is 20.2 Å². The van der Waals surface area contributed by atoms with Crippen LogP contribution in [0, 0.1) is 0 Å². The Hall–Kier alpha value is -1.49. The number of benzene rings is 1. The lowest BCUT2D eigenvalue weighted by atomic mass is 10.1. The molecule has 1 N–H and O–H groups in total.